The third-order valence-electron chi connectivity index (χ3n) is 6.08. The molecule has 2 aliphatic rings. The van der Waals surface area contributed by atoms with Crippen molar-refractivity contribution in [2.75, 3.05) is 6.61 Å². The molecule has 3 aromatic carbocycles. The van der Waals surface area contributed by atoms with Crippen molar-refractivity contribution in [3.8, 4) is 0 Å². The Morgan fingerprint density at radius 1 is 0.767 bits per heavy atom. The Bertz CT molecular complexity index is 956. The molecule has 0 spiro atoms. The van der Waals surface area contributed by atoms with Crippen LogP contribution in [0.1, 0.15) is 24.4 Å². The predicted octanol–water partition coefficient (Wildman–Crippen LogP) is 5.87. The fourth-order valence-corrected chi connectivity index (χ4v) is 9.28. The number of hydrogen-bond acceptors (Lipinski definition) is 2. The molecule has 2 nitrogen and oxygen atoms in total. The molecule has 0 radical (unpaired) electrons. The summed E-state index contributed by atoms with van der Waals surface area (Å²) in [5, 5.41) is 2.91. The molecule has 0 saturated heterocycles. The first-order valence-electron chi connectivity index (χ1n) is 10.6. The van der Waals surface area contributed by atoms with Crippen molar-refractivity contribution < 1.29 is 4.74 Å². The molecular formula is C26H25INOP. The van der Waals surface area contributed by atoms with E-state index in [-0.39, 0.29) is 6.04 Å². The maximum absolute atomic E-state index is 6.28. The average Bonchev–Trinajstić information content (AvgIpc) is 3.43. The first-order valence-corrected chi connectivity index (χ1v) is 13.3. The minimum absolute atomic E-state index is 0.130. The number of hydrogen-bond donors (Lipinski definition) is 0. The lowest BCUT2D eigenvalue weighted by Crippen LogP contribution is -2.32. The van der Waals surface area contributed by atoms with E-state index in [0.29, 0.717) is 22.1 Å². The number of aliphatic imine (C=N–C) groups is 1. The SMILES string of the molecule is IC1CCC(P(c2ccccc2)c2ccccc2)[C@H]1C1=N[C@H](c2ccccc2)CO1. The van der Waals surface area contributed by atoms with Crippen molar-refractivity contribution in [1.82, 2.24) is 0 Å². The summed E-state index contributed by atoms with van der Waals surface area (Å²) in [7, 11) is -0.468. The summed E-state index contributed by atoms with van der Waals surface area (Å²) >= 11 is 2.64. The van der Waals surface area contributed by atoms with Gasteiger partial charge in [0.05, 0.1) is 5.92 Å². The Morgan fingerprint density at radius 2 is 1.33 bits per heavy atom. The molecule has 30 heavy (non-hydrogen) atoms. The van der Waals surface area contributed by atoms with E-state index in [1.165, 1.54) is 29.0 Å². The van der Waals surface area contributed by atoms with Gasteiger partial charge in [0, 0.05) is 3.92 Å². The fraction of sp³-hybridized carbons (Fsp3) is 0.269. The highest BCUT2D eigenvalue weighted by Crippen LogP contribution is 2.53. The van der Waals surface area contributed by atoms with Gasteiger partial charge in [-0.25, -0.2) is 4.99 Å². The standard InChI is InChI=1S/C26H25INOP/c27-22-16-17-24(25(22)26-28-23(18-29-26)19-10-4-1-5-11-19)30(20-12-6-2-7-13-20)21-14-8-3-9-15-21/h1-15,22-25H,16-18H2/t22?,23-,24?,25-/m0/s1. The van der Waals surface area contributed by atoms with Crippen molar-refractivity contribution in [1.29, 1.82) is 0 Å². The van der Waals surface area contributed by atoms with Crippen LogP contribution in [0.2, 0.25) is 0 Å². The van der Waals surface area contributed by atoms with Crippen LogP contribution in [0.15, 0.2) is 96.0 Å². The van der Waals surface area contributed by atoms with Crippen molar-refractivity contribution in [3.63, 3.8) is 0 Å². The summed E-state index contributed by atoms with van der Waals surface area (Å²) < 4.78 is 6.85. The highest BCUT2D eigenvalue weighted by Gasteiger charge is 2.45. The molecule has 0 bridgehead atoms. The molecule has 1 aliphatic carbocycles. The third-order valence-corrected chi connectivity index (χ3v) is 10.4. The van der Waals surface area contributed by atoms with E-state index in [0.717, 1.165) is 5.90 Å². The maximum atomic E-state index is 6.28. The topological polar surface area (TPSA) is 21.6 Å². The van der Waals surface area contributed by atoms with E-state index in [4.69, 9.17) is 9.73 Å². The van der Waals surface area contributed by atoms with Gasteiger partial charge in [0.2, 0.25) is 0 Å². The van der Waals surface area contributed by atoms with Gasteiger partial charge >= 0.3 is 0 Å². The Morgan fingerprint density at radius 3 is 1.93 bits per heavy atom. The van der Waals surface area contributed by atoms with Crippen LogP contribution in [0.5, 0.6) is 0 Å². The number of nitrogens with zero attached hydrogens (tertiary/aromatic N) is 1. The number of benzene rings is 3. The van der Waals surface area contributed by atoms with Gasteiger partial charge in [-0.1, -0.05) is 114 Å². The van der Waals surface area contributed by atoms with Gasteiger partial charge in [-0.05, 0) is 42.6 Å². The van der Waals surface area contributed by atoms with Gasteiger partial charge in [-0.2, -0.15) is 0 Å². The summed E-state index contributed by atoms with van der Waals surface area (Å²) in [6, 6.07) is 32.8. The van der Waals surface area contributed by atoms with E-state index < -0.39 is 7.92 Å². The molecule has 0 aromatic heterocycles. The zero-order valence-corrected chi connectivity index (χ0v) is 19.8. The molecular weight excluding hydrogens is 500 g/mol. The first kappa shape index (κ1) is 20.2. The van der Waals surface area contributed by atoms with Gasteiger partial charge in [0.15, 0.2) is 5.90 Å². The Labute approximate surface area is 193 Å². The molecule has 1 saturated carbocycles. The lowest BCUT2D eigenvalue weighted by molar-refractivity contribution is 0.301. The number of rotatable bonds is 5. The number of alkyl halides is 1. The zero-order chi connectivity index (χ0) is 20.3. The van der Waals surface area contributed by atoms with Gasteiger partial charge in [0.25, 0.3) is 0 Å². The highest BCUT2D eigenvalue weighted by atomic mass is 127. The molecule has 0 amide bonds. The minimum Gasteiger partial charge on any atom is -0.478 e. The largest absolute Gasteiger partial charge is 0.478 e. The maximum Gasteiger partial charge on any atom is 0.188 e. The summed E-state index contributed by atoms with van der Waals surface area (Å²) in [4.78, 5) is 5.11. The van der Waals surface area contributed by atoms with Crippen LogP contribution in [0.3, 0.4) is 0 Å². The van der Waals surface area contributed by atoms with Crippen LogP contribution in [0, 0.1) is 5.92 Å². The van der Waals surface area contributed by atoms with Crippen LogP contribution in [0.25, 0.3) is 0 Å². The molecule has 4 heteroatoms. The van der Waals surface area contributed by atoms with Gasteiger partial charge < -0.3 is 4.74 Å². The summed E-state index contributed by atoms with van der Waals surface area (Å²) in [6.07, 6.45) is 2.46. The van der Waals surface area contributed by atoms with Crippen molar-refractivity contribution in [2.45, 2.75) is 28.5 Å². The van der Waals surface area contributed by atoms with E-state index >= 15 is 0 Å². The summed E-state index contributed by atoms with van der Waals surface area (Å²) in [5.41, 5.74) is 1.81. The average molecular weight is 525 g/mol. The quantitative estimate of drug-likeness (QED) is 0.232. The van der Waals surface area contributed by atoms with Gasteiger partial charge in [-0.15, -0.1) is 0 Å². The molecule has 1 heterocycles. The van der Waals surface area contributed by atoms with E-state index in [9.17, 15) is 0 Å². The smallest absolute Gasteiger partial charge is 0.188 e. The Hall–Kier alpha value is -1.71. The second-order valence-electron chi connectivity index (χ2n) is 7.93. The Balaban J connectivity index is 1.50. The summed E-state index contributed by atoms with van der Waals surface area (Å²) in [6.45, 7) is 0.667. The van der Waals surface area contributed by atoms with E-state index in [1.807, 2.05) is 0 Å². The molecule has 4 atom stereocenters. The lowest BCUT2D eigenvalue weighted by Gasteiger charge is -2.30. The normalized spacial score (nSPS) is 25.9. The van der Waals surface area contributed by atoms with Crippen LogP contribution in [-0.4, -0.2) is 22.1 Å². The molecule has 3 aromatic rings. The van der Waals surface area contributed by atoms with Gasteiger partial charge in [-0.3, -0.25) is 0 Å². The van der Waals surface area contributed by atoms with Gasteiger partial charge in [0.1, 0.15) is 12.6 Å². The zero-order valence-electron chi connectivity index (χ0n) is 16.8. The van der Waals surface area contributed by atoms with Crippen molar-refractivity contribution in [2.24, 2.45) is 10.9 Å². The van der Waals surface area contributed by atoms with Crippen LogP contribution in [0.4, 0.5) is 0 Å². The highest BCUT2D eigenvalue weighted by molar-refractivity contribution is 14.1. The second-order valence-corrected chi connectivity index (χ2v) is 12.0. The molecule has 5 rings (SSSR count). The van der Waals surface area contributed by atoms with Crippen LogP contribution >= 0.6 is 30.5 Å². The summed E-state index contributed by atoms with van der Waals surface area (Å²) in [5.74, 6) is 1.37. The van der Waals surface area contributed by atoms with E-state index in [1.54, 1.807) is 0 Å². The number of ether oxygens (including phenoxy) is 1. The number of halogens is 1. The lowest BCUT2D eigenvalue weighted by atomic mass is 10.1. The fourth-order valence-electron chi connectivity index (χ4n) is 4.67. The third kappa shape index (κ3) is 4.07. The monoisotopic (exact) mass is 525 g/mol. The molecule has 1 fully saturated rings. The minimum atomic E-state index is -0.468. The Kier molecular flexibility index (Phi) is 6.19. The van der Waals surface area contributed by atoms with E-state index in [2.05, 4.69) is 114 Å². The van der Waals surface area contributed by atoms with Crippen LogP contribution in [-0.2, 0) is 4.74 Å². The first-order chi connectivity index (χ1) is 14.8. The molecule has 152 valence electrons. The van der Waals surface area contributed by atoms with Crippen molar-refractivity contribution in [3.05, 3.63) is 96.6 Å². The molecule has 1 aliphatic heterocycles. The molecule has 0 N–H and O–H groups in total. The second kappa shape index (κ2) is 9.20. The van der Waals surface area contributed by atoms with Crippen molar-refractivity contribution >= 4 is 47.0 Å². The molecule has 2 unspecified atom stereocenters. The van der Waals surface area contributed by atoms with Crippen LogP contribution < -0.4 is 10.6 Å². The predicted molar refractivity (Wildman–Crippen MR) is 136 cm³/mol.